The van der Waals surface area contributed by atoms with E-state index in [9.17, 15) is 22.4 Å². The minimum absolute atomic E-state index is 0. The number of hydrogen-bond donors (Lipinski definition) is 2. The lowest BCUT2D eigenvalue weighted by Gasteiger charge is -2.29. The topological polar surface area (TPSA) is 169 Å². The molecule has 1 aromatic carbocycles. The maximum atomic E-state index is 14.3. The van der Waals surface area contributed by atoms with E-state index in [0.29, 0.717) is 11.4 Å². The summed E-state index contributed by atoms with van der Waals surface area (Å²) in [5.41, 5.74) is 0.273. The van der Waals surface area contributed by atoms with Gasteiger partial charge in [0.1, 0.15) is 23.3 Å². The van der Waals surface area contributed by atoms with Crippen molar-refractivity contribution in [3.05, 3.63) is 46.8 Å². The normalized spacial score (nSPS) is 15.1. The fourth-order valence-electron chi connectivity index (χ4n) is 3.02. The van der Waals surface area contributed by atoms with Crippen LogP contribution in [0.4, 0.5) is 14.9 Å². The van der Waals surface area contributed by atoms with Crippen LogP contribution in [-0.4, -0.2) is 41.2 Å². The number of hydrogen-bond acceptors (Lipinski definition) is 8. The quantitative estimate of drug-likeness (QED) is 0.711. The molecule has 2 heterocycles. The van der Waals surface area contributed by atoms with E-state index in [4.69, 9.17) is 10.5 Å². The third-order valence-corrected chi connectivity index (χ3v) is 6.17. The predicted octanol–water partition coefficient (Wildman–Crippen LogP) is 1.57. The number of sulfonamides is 1. The van der Waals surface area contributed by atoms with Crippen molar-refractivity contribution in [1.29, 1.82) is 10.5 Å². The second-order valence-corrected chi connectivity index (χ2v) is 8.31. The third-order valence-electron chi connectivity index (χ3n) is 4.36. The number of fused-ring (bicyclic) bond motifs is 1. The van der Waals surface area contributed by atoms with Gasteiger partial charge < -0.3 is 10.6 Å². The molecule has 0 saturated heterocycles. The van der Waals surface area contributed by atoms with E-state index in [1.165, 1.54) is 6.20 Å². The second kappa shape index (κ2) is 7.97. The number of carbonyl (C=O) groups excluding carboxylic acids is 2. The van der Waals surface area contributed by atoms with E-state index in [1.807, 2.05) is 6.07 Å². The highest BCUT2D eigenvalue weighted by atomic mass is 32.2. The zero-order valence-electron chi connectivity index (χ0n) is 16.2. The third kappa shape index (κ3) is 3.99. The first-order valence-electron chi connectivity index (χ1n) is 8.68. The Morgan fingerprint density at radius 2 is 2.10 bits per heavy atom. The maximum absolute atomic E-state index is 14.3. The van der Waals surface area contributed by atoms with Crippen molar-refractivity contribution in [3.63, 3.8) is 0 Å². The number of rotatable bonds is 4. The average Bonchev–Trinajstić information content (AvgIpc) is 2.69. The summed E-state index contributed by atoms with van der Waals surface area (Å²) in [6, 6.07) is 3.36. The molecule has 0 saturated carbocycles. The first-order chi connectivity index (χ1) is 14.6. The first kappa shape index (κ1) is 21.6. The molecule has 3 rings (SSSR count). The number of aryl methyl sites for hydroxylation is 1. The SMILES string of the molecule is Cc1nc(C#N)cnc1[C@@H](C)NC(=O)CN1C(=O)Nc2cc(C#N)cc(F)c2S1(=O)=O.[HH].[HH]. The largest absolute Gasteiger partial charge is 0.346 e. The van der Waals surface area contributed by atoms with Gasteiger partial charge in [-0.25, -0.2) is 26.9 Å². The molecule has 1 aliphatic rings. The minimum atomic E-state index is -4.69. The Bertz CT molecular complexity index is 1310. The number of carbonyl (C=O) groups is 2. The molecule has 11 nitrogen and oxygen atoms in total. The molecular weight excluding hydrogens is 429 g/mol. The summed E-state index contributed by atoms with van der Waals surface area (Å²) in [5.74, 6) is -2.08. The summed E-state index contributed by atoms with van der Waals surface area (Å²) < 4.78 is 40.1. The molecule has 0 unspecified atom stereocenters. The van der Waals surface area contributed by atoms with E-state index in [0.717, 1.165) is 12.1 Å². The van der Waals surface area contributed by atoms with Gasteiger partial charge in [0.2, 0.25) is 5.91 Å². The fraction of sp³-hybridized carbons (Fsp3) is 0.222. The molecule has 31 heavy (non-hydrogen) atoms. The van der Waals surface area contributed by atoms with Crippen molar-refractivity contribution in [3.8, 4) is 12.1 Å². The van der Waals surface area contributed by atoms with Crippen LogP contribution in [0.1, 0.15) is 38.5 Å². The maximum Gasteiger partial charge on any atom is 0.336 e. The molecule has 162 valence electrons. The summed E-state index contributed by atoms with van der Waals surface area (Å²) in [7, 11) is -4.69. The molecule has 2 aromatic rings. The number of aromatic nitrogens is 2. The smallest absolute Gasteiger partial charge is 0.336 e. The van der Waals surface area contributed by atoms with Crippen LogP contribution >= 0.6 is 0 Å². The Morgan fingerprint density at radius 3 is 2.71 bits per heavy atom. The Morgan fingerprint density at radius 1 is 1.39 bits per heavy atom. The summed E-state index contributed by atoms with van der Waals surface area (Å²) in [6.45, 7) is 2.23. The molecule has 3 amide bonds. The van der Waals surface area contributed by atoms with Gasteiger partial charge in [0, 0.05) is 2.85 Å². The molecule has 0 bridgehead atoms. The molecule has 2 N–H and O–H groups in total. The molecular formula is C18H18FN7O4S. The van der Waals surface area contributed by atoms with Crippen LogP contribution in [0.2, 0.25) is 0 Å². The molecule has 13 heteroatoms. The van der Waals surface area contributed by atoms with Crippen LogP contribution in [0, 0.1) is 35.4 Å². The Labute approximate surface area is 179 Å². The van der Waals surface area contributed by atoms with Gasteiger partial charge in [-0.05, 0) is 26.0 Å². The Hall–Kier alpha value is -4.10. The molecule has 0 spiro atoms. The van der Waals surface area contributed by atoms with Gasteiger partial charge in [-0.1, -0.05) is 0 Å². The van der Waals surface area contributed by atoms with E-state index in [1.54, 1.807) is 19.9 Å². The lowest BCUT2D eigenvalue weighted by atomic mass is 10.2. The Balaban J connectivity index is 0.00000272. The fourth-order valence-corrected chi connectivity index (χ4v) is 4.49. The number of anilines is 1. The van der Waals surface area contributed by atoms with Crippen molar-refractivity contribution in [2.45, 2.75) is 24.8 Å². The zero-order valence-corrected chi connectivity index (χ0v) is 17.0. The van der Waals surface area contributed by atoms with Gasteiger partial charge in [-0.15, -0.1) is 0 Å². The number of nitrogens with one attached hydrogen (secondary N) is 2. The second-order valence-electron chi connectivity index (χ2n) is 6.52. The number of halogens is 1. The van der Waals surface area contributed by atoms with Crippen LogP contribution in [-0.2, 0) is 14.8 Å². The average molecular weight is 447 g/mol. The van der Waals surface area contributed by atoms with Gasteiger partial charge in [-0.3, -0.25) is 9.78 Å². The van der Waals surface area contributed by atoms with Crippen LogP contribution in [0.25, 0.3) is 0 Å². The highest BCUT2D eigenvalue weighted by molar-refractivity contribution is 7.90. The van der Waals surface area contributed by atoms with Crippen molar-refractivity contribution < 1.29 is 25.3 Å². The van der Waals surface area contributed by atoms with Gasteiger partial charge in [0.15, 0.2) is 5.69 Å². The highest BCUT2D eigenvalue weighted by Crippen LogP contribution is 2.33. The van der Waals surface area contributed by atoms with E-state index < -0.39 is 45.3 Å². The number of amides is 3. The molecule has 1 aliphatic heterocycles. The van der Waals surface area contributed by atoms with Gasteiger partial charge >= 0.3 is 6.03 Å². The number of nitriles is 2. The summed E-state index contributed by atoms with van der Waals surface area (Å²) in [4.78, 5) is 32.0. The predicted molar refractivity (Wildman–Crippen MR) is 106 cm³/mol. The van der Waals surface area contributed by atoms with Crippen LogP contribution in [0.3, 0.4) is 0 Å². The van der Waals surface area contributed by atoms with Gasteiger partial charge in [0.05, 0.1) is 40.9 Å². The number of benzene rings is 1. The number of nitrogens with zero attached hydrogens (tertiary/aromatic N) is 5. The van der Waals surface area contributed by atoms with Crippen molar-refractivity contribution in [2.24, 2.45) is 0 Å². The lowest BCUT2D eigenvalue weighted by molar-refractivity contribution is -0.121. The van der Waals surface area contributed by atoms with Crippen LogP contribution < -0.4 is 10.6 Å². The molecule has 0 fully saturated rings. The summed E-state index contributed by atoms with van der Waals surface area (Å²) in [6.07, 6.45) is 1.22. The molecule has 1 atom stereocenters. The molecule has 1 aromatic heterocycles. The van der Waals surface area contributed by atoms with Crippen molar-refractivity contribution in [1.82, 2.24) is 19.6 Å². The summed E-state index contributed by atoms with van der Waals surface area (Å²) >= 11 is 0. The monoisotopic (exact) mass is 447 g/mol. The van der Waals surface area contributed by atoms with E-state index >= 15 is 0 Å². The summed E-state index contributed by atoms with van der Waals surface area (Å²) in [5, 5.41) is 22.4. The van der Waals surface area contributed by atoms with Crippen molar-refractivity contribution in [2.75, 3.05) is 11.9 Å². The minimum Gasteiger partial charge on any atom is -0.346 e. The zero-order chi connectivity index (χ0) is 22.9. The van der Waals surface area contributed by atoms with Gasteiger partial charge in [0.25, 0.3) is 10.0 Å². The Kier molecular flexibility index (Phi) is 5.55. The first-order valence-corrected chi connectivity index (χ1v) is 10.1. The van der Waals surface area contributed by atoms with E-state index in [2.05, 4.69) is 20.6 Å². The van der Waals surface area contributed by atoms with Gasteiger partial charge in [-0.2, -0.15) is 10.5 Å². The lowest BCUT2D eigenvalue weighted by Crippen LogP contribution is -2.49. The molecule has 0 radical (unpaired) electrons. The van der Waals surface area contributed by atoms with E-state index in [-0.39, 0.29) is 24.1 Å². The van der Waals surface area contributed by atoms with Crippen LogP contribution in [0.15, 0.2) is 23.2 Å². The highest BCUT2D eigenvalue weighted by Gasteiger charge is 2.40. The molecule has 0 aliphatic carbocycles. The van der Waals surface area contributed by atoms with Crippen LogP contribution in [0.5, 0.6) is 0 Å². The van der Waals surface area contributed by atoms with Crippen molar-refractivity contribution >= 4 is 27.6 Å². The standard InChI is InChI=1S/C18H14FN7O4S.2H2/c1-9-16(22-7-12(6-21)23-9)10(2)24-15(27)8-26-18(28)25-14-4-11(5-20)3-13(19)17(14)31(26,29)30;;/h3-4,7,10H,8H2,1-2H3,(H,24,27)(H,25,28);2*1H/t10-;;/m1../s1. The number of urea groups is 1.